The first kappa shape index (κ1) is 69.2. The average molecular weight is 1040 g/mol. The minimum absolute atomic E-state index is 0.157. The van der Waals surface area contributed by atoms with Crippen LogP contribution in [-0.2, 0) is 42.2 Å². The monoisotopic (exact) mass is 1030 g/mol. The van der Waals surface area contributed by atoms with Crippen LogP contribution in [0.25, 0.3) is 0 Å². The molecule has 0 aliphatic rings. The Morgan fingerprint density at radius 1 is 0.403 bits per heavy atom. The molecule has 0 amide bonds. The number of carbonyl (C=O) groups is 3. The van der Waals surface area contributed by atoms with Gasteiger partial charge in [0.1, 0.15) is 12.7 Å². The first-order valence-corrected chi connectivity index (χ1v) is 30.7. The van der Waals surface area contributed by atoms with Gasteiger partial charge in [-0.05, 0) is 96.3 Å². The lowest BCUT2D eigenvalue weighted by Gasteiger charge is -2.21. The third kappa shape index (κ3) is 52.1. The second kappa shape index (κ2) is 54.4. The fraction of sp³-hybridized carbons (Fsp3) is 0.783. The summed E-state index contributed by atoms with van der Waals surface area (Å²) in [4.78, 5) is 48.5. The zero-order valence-corrected chi connectivity index (χ0v) is 47.0. The maximum atomic E-state index is 12.9. The number of hydrogen-bond acceptors (Lipinski definition) is 10. The number of hydrogen-bond donors (Lipinski definition) is 2. The zero-order valence-electron chi connectivity index (χ0n) is 46.1. The zero-order chi connectivity index (χ0) is 52.7. The van der Waals surface area contributed by atoms with E-state index in [1.54, 1.807) is 0 Å². The van der Waals surface area contributed by atoms with Gasteiger partial charge in [0.2, 0.25) is 0 Å². The maximum Gasteiger partial charge on any atom is 0.472 e. The Morgan fingerprint density at radius 3 is 1.17 bits per heavy atom. The summed E-state index contributed by atoms with van der Waals surface area (Å²) in [5, 5.41) is 9.81. The molecular weight excluding hydrogens is 928 g/mol. The molecule has 0 heterocycles. The van der Waals surface area contributed by atoms with E-state index in [2.05, 4.69) is 81.5 Å². The number of allylic oxidation sites excluding steroid dienone is 10. The first-order chi connectivity index (χ1) is 35.2. The number of unbranched alkanes of at least 4 members (excludes halogenated alkanes) is 27. The van der Waals surface area contributed by atoms with Gasteiger partial charge in [-0.15, -0.1) is 0 Å². The number of carbonyl (C=O) groups excluding carboxylic acids is 3. The molecule has 11 nitrogen and oxygen atoms in total. The Hall–Kier alpha value is -2.82. The SMILES string of the molecule is CC/C=C\C/C=C\C/C=C\CCCCCCCC(=O)OC(CO)COP(=O)(O)OCC(COC(=O)CCCCCCC/C=C\CCCC)OC(=O)CCCCCCCCCCC/C=C\CCCCCCCC. The smallest absolute Gasteiger partial charge is 0.462 e. The van der Waals surface area contributed by atoms with Crippen LogP contribution in [0.5, 0.6) is 0 Å². The molecule has 0 spiro atoms. The van der Waals surface area contributed by atoms with Crippen molar-refractivity contribution in [1.82, 2.24) is 0 Å². The minimum Gasteiger partial charge on any atom is -0.462 e. The Kier molecular flexibility index (Phi) is 52.3. The van der Waals surface area contributed by atoms with Gasteiger partial charge >= 0.3 is 25.7 Å². The van der Waals surface area contributed by atoms with Crippen molar-refractivity contribution in [2.75, 3.05) is 26.4 Å². The van der Waals surface area contributed by atoms with Crippen molar-refractivity contribution < 1.29 is 52.2 Å². The van der Waals surface area contributed by atoms with Gasteiger partial charge in [-0.2, -0.15) is 0 Å². The van der Waals surface area contributed by atoms with E-state index in [1.807, 2.05) is 0 Å². The van der Waals surface area contributed by atoms with Crippen LogP contribution in [0.4, 0.5) is 0 Å². The molecule has 2 N–H and O–H groups in total. The molecule has 0 rings (SSSR count). The van der Waals surface area contributed by atoms with Gasteiger partial charge in [-0.1, -0.05) is 210 Å². The summed E-state index contributed by atoms with van der Waals surface area (Å²) >= 11 is 0. The van der Waals surface area contributed by atoms with Gasteiger partial charge in [0.25, 0.3) is 0 Å². The fourth-order valence-corrected chi connectivity index (χ4v) is 8.72. The molecule has 0 bridgehead atoms. The average Bonchev–Trinajstić information content (AvgIpc) is 3.37. The lowest BCUT2D eigenvalue weighted by atomic mass is 10.1. The van der Waals surface area contributed by atoms with E-state index >= 15 is 0 Å². The van der Waals surface area contributed by atoms with E-state index in [1.165, 1.54) is 96.3 Å². The van der Waals surface area contributed by atoms with E-state index < -0.39 is 57.8 Å². The van der Waals surface area contributed by atoms with Crippen molar-refractivity contribution in [3.63, 3.8) is 0 Å². The first-order valence-electron chi connectivity index (χ1n) is 29.2. The summed E-state index contributed by atoms with van der Waals surface area (Å²) in [7, 11) is -4.75. The van der Waals surface area contributed by atoms with Crippen molar-refractivity contribution in [2.24, 2.45) is 0 Å². The van der Waals surface area contributed by atoms with Crippen molar-refractivity contribution in [3.8, 4) is 0 Å². The van der Waals surface area contributed by atoms with Crippen LogP contribution in [0.15, 0.2) is 60.8 Å². The number of rotatable bonds is 54. The van der Waals surface area contributed by atoms with Crippen molar-refractivity contribution >= 4 is 25.7 Å². The highest BCUT2D eigenvalue weighted by atomic mass is 31.2. The van der Waals surface area contributed by atoms with E-state index in [-0.39, 0.29) is 25.9 Å². The van der Waals surface area contributed by atoms with Crippen molar-refractivity contribution in [1.29, 1.82) is 0 Å². The van der Waals surface area contributed by atoms with Gasteiger partial charge in [0, 0.05) is 19.3 Å². The maximum absolute atomic E-state index is 12.9. The van der Waals surface area contributed by atoms with Crippen LogP contribution in [-0.4, -0.2) is 66.5 Å². The number of esters is 3. The largest absolute Gasteiger partial charge is 0.472 e. The second-order valence-corrected chi connectivity index (χ2v) is 20.9. The van der Waals surface area contributed by atoms with E-state index in [4.69, 9.17) is 23.3 Å². The highest BCUT2D eigenvalue weighted by molar-refractivity contribution is 7.47. The molecule has 0 aliphatic heterocycles. The molecule has 3 unspecified atom stereocenters. The van der Waals surface area contributed by atoms with Gasteiger partial charge in [-0.25, -0.2) is 4.57 Å². The lowest BCUT2D eigenvalue weighted by Crippen LogP contribution is -2.30. The molecule has 0 aromatic rings. The molecule has 0 aromatic carbocycles. The Balaban J connectivity index is 4.68. The predicted molar refractivity (Wildman–Crippen MR) is 298 cm³/mol. The minimum atomic E-state index is -4.75. The highest BCUT2D eigenvalue weighted by Gasteiger charge is 2.28. The fourth-order valence-electron chi connectivity index (χ4n) is 7.93. The molecular formula is C60H107O11P. The van der Waals surface area contributed by atoms with Gasteiger partial charge in [-0.3, -0.25) is 23.4 Å². The molecule has 0 aromatic heterocycles. The van der Waals surface area contributed by atoms with Crippen LogP contribution in [0.3, 0.4) is 0 Å². The summed E-state index contributed by atoms with van der Waals surface area (Å²) in [6, 6.07) is 0. The summed E-state index contributed by atoms with van der Waals surface area (Å²) in [6.07, 6.45) is 59.0. The molecule has 418 valence electrons. The van der Waals surface area contributed by atoms with Gasteiger partial charge in [0.05, 0.1) is 19.8 Å². The summed E-state index contributed by atoms with van der Waals surface area (Å²) in [5.74, 6) is -1.49. The van der Waals surface area contributed by atoms with Crippen molar-refractivity contribution in [2.45, 2.75) is 277 Å². The third-order valence-electron chi connectivity index (χ3n) is 12.4. The third-order valence-corrected chi connectivity index (χ3v) is 13.3. The molecule has 3 atom stereocenters. The molecule has 0 fully saturated rings. The highest BCUT2D eigenvalue weighted by Crippen LogP contribution is 2.43. The standard InChI is InChI=1S/C60H107O11P/c1-4-7-10-13-16-19-22-24-26-27-28-29-31-33-36-39-42-45-48-51-60(64)71-57(53-67-58(62)49-46-43-40-37-34-21-18-15-12-9-6-3)55-69-72(65,66)68-54-56(52-61)70-59(63)50-47-44-41-38-35-32-30-25-23-20-17-14-11-8-5-2/h8,11,15,17-18,20,24-26,30,56-57,61H,4-7,9-10,12-14,16,19,21-23,27-29,31-55H2,1-3H3,(H,65,66)/b11-8-,18-15-,20-17-,26-24-,30-25-. The van der Waals surface area contributed by atoms with Gasteiger partial charge in [0.15, 0.2) is 6.10 Å². The second-order valence-electron chi connectivity index (χ2n) is 19.4. The molecule has 0 saturated heterocycles. The summed E-state index contributed by atoms with van der Waals surface area (Å²) < 4.78 is 39.5. The molecule has 12 heteroatoms. The van der Waals surface area contributed by atoms with E-state index in [9.17, 15) is 28.9 Å². The number of ether oxygens (including phenoxy) is 3. The van der Waals surface area contributed by atoms with Crippen LogP contribution < -0.4 is 0 Å². The van der Waals surface area contributed by atoms with Crippen LogP contribution in [0, 0.1) is 0 Å². The number of aliphatic hydroxyl groups excluding tert-OH is 1. The number of aliphatic hydroxyl groups is 1. The van der Waals surface area contributed by atoms with E-state index in [0.717, 1.165) is 109 Å². The van der Waals surface area contributed by atoms with Gasteiger partial charge < -0.3 is 24.2 Å². The van der Waals surface area contributed by atoms with Crippen molar-refractivity contribution in [3.05, 3.63) is 60.8 Å². The Bertz CT molecular complexity index is 1440. The quantitative estimate of drug-likeness (QED) is 0.0197. The van der Waals surface area contributed by atoms with Crippen LogP contribution in [0.1, 0.15) is 265 Å². The summed E-state index contributed by atoms with van der Waals surface area (Å²) in [6.45, 7) is 4.48. The Morgan fingerprint density at radius 2 is 0.736 bits per heavy atom. The number of phosphoric acid groups is 1. The lowest BCUT2D eigenvalue weighted by molar-refractivity contribution is -0.161. The molecule has 72 heavy (non-hydrogen) atoms. The topological polar surface area (TPSA) is 155 Å². The normalized spacial score (nSPS) is 13.8. The molecule has 0 aliphatic carbocycles. The van der Waals surface area contributed by atoms with Crippen LogP contribution >= 0.6 is 7.82 Å². The van der Waals surface area contributed by atoms with E-state index in [0.29, 0.717) is 19.3 Å². The Labute approximate surface area is 440 Å². The summed E-state index contributed by atoms with van der Waals surface area (Å²) in [5.41, 5.74) is 0. The number of phosphoric ester groups is 1. The predicted octanol–water partition coefficient (Wildman–Crippen LogP) is 17.1. The molecule has 0 saturated carbocycles. The molecule has 0 radical (unpaired) electrons. The van der Waals surface area contributed by atoms with Crippen LogP contribution in [0.2, 0.25) is 0 Å².